The lowest BCUT2D eigenvalue weighted by Crippen LogP contribution is -2.28. The molecule has 1 fully saturated rings. The van der Waals surface area contributed by atoms with Crippen LogP contribution in [0.2, 0.25) is 0 Å². The third-order valence-electron chi connectivity index (χ3n) is 4.18. The summed E-state index contributed by atoms with van der Waals surface area (Å²) in [5.41, 5.74) is 0.394. The maximum Gasteiger partial charge on any atom is 0.311 e. The van der Waals surface area contributed by atoms with Gasteiger partial charge in [-0.25, -0.2) is 0 Å². The molecule has 7 nitrogen and oxygen atoms in total. The lowest BCUT2D eigenvalue weighted by Gasteiger charge is -2.14. The smallest absolute Gasteiger partial charge is 0.311 e. The molecule has 0 aliphatic carbocycles. The van der Waals surface area contributed by atoms with Crippen LogP contribution in [0.25, 0.3) is 0 Å². The third kappa shape index (κ3) is 6.05. The summed E-state index contributed by atoms with van der Waals surface area (Å²) in [6, 6.07) is 9.32. The number of halogens is 2. The number of carbonyl (C=O) groups is 3. The Hall–Kier alpha value is -2.88. The molecule has 2 aromatic rings. The van der Waals surface area contributed by atoms with Crippen LogP contribution in [0.3, 0.4) is 0 Å². The molecule has 1 saturated heterocycles. The number of hydrogen-bond acceptors (Lipinski definition) is 6. The molecular formula is C19H18F2N2O5S. The minimum Gasteiger partial charge on any atom is -0.467 e. The molecule has 1 unspecified atom stereocenters. The van der Waals surface area contributed by atoms with E-state index >= 15 is 0 Å². The topological polar surface area (TPSA) is 88.9 Å². The van der Waals surface area contributed by atoms with Crippen LogP contribution in [0.5, 0.6) is 0 Å². The number of nitrogens with zero attached hydrogens (tertiary/aromatic N) is 1. The maximum atomic E-state index is 12.3. The van der Waals surface area contributed by atoms with Crippen molar-refractivity contribution in [2.75, 3.05) is 18.5 Å². The Morgan fingerprint density at radius 2 is 2.03 bits per heavy atom. The average molecular weight is 424 g/mol. The number of furan rings is 1. The number of esters is 1. The molecule has 2 heterocycles. The molecule has 0 radical (unpaired) electrons. The number of hydrogen-bond donors (Lipinski definition) is 1. The Kier molecular flexibility index (Phi) is 6.86. The van der Waals surface area contributed by atoms with Crippen LogP contribution in [0, 0.1) is 5.92 Å². The number of ether oxygens (including phenoxy) is 1. The second-order valence-electron chi connectivity index (χ2n) is 6.31. The van der Waals surface area contributed by atoms with Gasteiger partial charge in [0.15, 0.2) is 6.61 Å². The first-order valence-electron chi connectivity index (χ1n) is 8.72. The number of likely N-dealkylation sites (tertiary alicyclic amines) is 1. The highest BCUT2D eigenvalue weighted by Crippen LogP contribution is 2.26. The molecule has 2 amide bonds. The summed E-state index contributed by atoms with van der Waals surface area (Å²) in [7, 11) is 0. The van der Waals surface area contributed by atoms with Crippen molar-refractivity contribution in [1.82, 2.24) is 4.90 Å². The van der Waals surface area contributed by atoms with Gasteiger partial charge in [-0.2, -0.15) is 8.78 Å². The molecule has 1 aromatic heterocycles. The van der Waals surface area contributed by atoms with Gasteiger partial charge >= 0.3 is 5.97 Å². The second-order valence-corrected chi connectivity index (χ2v) is 7.38. The molecule has 1 aromatic carbocycles. The molecule has 1 N–H and O–H groups in total. The summed E-state index contributed by atoms with van der Waals surface area (Å²) in [5.74, 6) is -3.92. The molecular weight excluding hydrogens is 406 g/mol. The van der Waals surface area contributed by atoms with Crippen LogP contribution in [0.4, 0.5) is 14.5 Å². The Morgan fingerprint density at radius 1 is 1.28 bits per heavy atom. The maximum absolute atomic E-state index is 12.3. The van der Waals surface area contributed by atoms with E-state index < -0.39 is 30.2 Å². The molecule has 1 aliphatic rings. The van der Waals surface area contributed by atoms with Crippen molar-refractivity contribution < 1.29 is 32.3 Å². The average Bonchev–Trinajstić information content (AvgIpc) is 3.31. The van der Waals surface area contributed by atoms with Crippen molar-refractivity contribution in [3.63, 3.8) is 0 Å². The van der Waals surface area contributed by atoms with Gasteiger partial charge in [0.05, 0.1) is 18.7 Å². The summed E-state index contributed by atoms with van der Waals surface area (Å²) >= 11 is 0.403. The number of nitrogens with one attached hydrogen (secondary N) is 1. The zero-order valence-electron chi connectivity index (χ0n) is 15.2. The lowest BCUT2D eigenvalue weighted by atomic mass is 10.1. The minimum atomic E-state index is -2.52. The summed E-state index contributed by atoms with van der Waals surface area (Å²) < 4.78 is 34.8. The van der Waals surface area contributed by atoms with Gasteiger partial charge in [-0.05, 0) is 36.4 Å². The fraction of sp³-hybridized carbons (Fsp3) is 0.316. The zero-order chi connectivity index (χ0) is 20.8. The monoisotopic (exact) mass is 424 g/mol. The fourth-order valence-corrected chi connectivity index (χ4v) is 3.34. The van der Waals surface area contributed by atoms with E-state index in [1.165, 1.54) is 35.4 Å². The Morgan fingerprint density at radius 3 is 2.69 bits per heavy atom. The van der Waals surface area contributed by atoms with Crippen molar-refractivity contribution in [2.45, 2.75) is 23.6 Å². The van der Waals surface area contributed by atoms with Gasteiger partial charge in [0.1, 0.15) is 5.76 Å². The summed E-state index contributed by atoms with van der Waals surface area (Å²) in [6.45, 7) is -0.0333. The fourth-order valence-electron chi connectivity index (χ4n) is 2.84. The van der Waals surface area contributed by atoms with Crippen LogP contribution < -0.4 is 5.32 Å². The number of benzene rings is 1. The molecule has 29 heavy (non-hydrogen) atoms. The van der Waals surface area contributed by atoms with Crippen molar-refractivity contribution in [1.29, 1.82) is 0 Å². The zero-order valence-corrected chi connectivity index (χ0v) is 16.0. The van der Waals surface area contributed by atoms with E-state index in [-0.39, 0.29) is 25.4 Å². The number of amides is 2. The predicted octanol–water partition coefficient (Wildman–Crippen LogP) is 3.12. The standard InChI is InChI=1S/C19H18F2N2O5S/c20-19(21)29-15-5-3-13(4-6-15)22-16(24)11-28-18(26)12-8-17(25)23(9-12)10-14-2-1-7-27-14/h1-7,12,19H,8-11H2,(H,22,24). The highest BCUT2D eigenvalue weighted by molar-refractivity contribution is 7.99. The van der Waals surface area contributed by atoms with E-state index in [9.17, 15) is 23.2 Å². The van der Waals surface area contributed by atoms with Gasteiger partial charge in [0.25, 0.3) is 11.7 Å². The van der Waals surface area contributed by atoms with Gasteiger partial charge in [0.2, 0.25) is 5.91 Å². The first kappa shape index (κ1) is 20.8. The van der Waals surface area contributed by atoms with E-state index in [4.69, 9.17) is 9.15 Å². The molecule has 10 heteroatoms. The SMILES string of the molecule is O=C(COC(=O)C1CC(=O)N(Cc2ccco2)C1)Nc1ccc(SC(F)F)cc1. The van der Waals surface area contributed by atoms with Crippen LogP contribution in [0.1, 0.15) is 12.2 Å². The van der Waals surface area contributed by atoms with Crippen LogP contribution in [0.15, 0.2) is 52.0 Å². The number of thioether (sulfide) groups is 1. The molecule has 154 valence electrons. The number of carbonyl (C=O) groups excluding carboxylic acids is 3. The highest BCUT2D eigenvalue weighted by Gasteiger charge is 2.35. The van der Waals surface area contributed by atoms with E-state index in [1.54, 1.807) is 12.1 Å². The quantitative estimate of drug-likeness (QED) is 0.517. The largest absolute Gasteiger partial charge is 0.467 e. The molecule has 0 saturated carbocycles. The van der Waals surface area contributed by atoms with Gasteiger partial charge in [-0.1, -0.05) is 11.8 Å². The minimum absolute atomic E-state index is 0.0183. The molecule has 1 aliphatic heterocycles. The van der Waals surface area contributed by atoms with Gasteiger partial charge in [0, 0.05) is 23.5 Å². The van der Waals surface area contributed by atoms with Gasteiger partial charge in [-0.15, -0.1) is 0 Å². The van der Waals surface area contributed by atoms with Crippen LogP contribution in [-0.4, -0.2) is 41.6 Å². The normalized spacial score (nSPS) is 16.3. The van der Waals surface area contributed by atoms with E-state index in [1.807, 2.05) is 0 Å². The third-order valence-corrected chi connectivity index (χ3v) is 4.91. The molecule has 3 rings (SSSR count). The highest BCUT2D eigenvalue weighted by atomic mass is 32.2. The van der Waals surface area contributed by atoms with Crippen molar-refractivity contribution in [2.24, 2.45) is 5.92 Å². The first-order chi connectivity index (χ1) is 13.9. The number of rotatable bonds is 8. The van der Waals surface area contributed by atoms with Crippen molar-refractivity contribution in [3.05, 3.63) is 48.4 Å². The van der Waals surface area contributed by atoms with E-state index in [2.05, 4.69) is 5.32 Å². The molecule has 0 spiro atoms. The van der Waals surface area contributed by atoms with Gasteiger partial charge in [-0.3, -0.25) is 14.4 Å². The molecule has 1 atom stereocenters. The van der Waals surface area contributed by atoms with Crippen LogP contribution >= 0.6 is 11.8 Å². The van der Waals surface area contributed by atoms with E-state index in [0.717, 1.165) is 0 Å². The summed E-state index contributed by atoms with van der Waals surface area (Å²) in [5, 5.41) is 2.51. The Balaban J connectivity index is 1.43. The van der Waals surface area contributed by atoms with Gasteiger partial charge < -0.3 is 19.4 Å². The Labute approximate surface area is 169 Å². The van der Waals surface area contributed by atoms with E-state index in [0.29, 0.717) is 28.1 Å². The number of alkyl halides is 2. The number of anilines is 1. The van der Waals surface area contributed by atoms with Crippen molar-refractivity contribution in [3.8, 4) is 0 Å². The Bertz CT molecular complexity index is 858. The summed E-state index contributed by atoms with van der Waals surface area (Å²) in [6.07, 6.45) is 1.52. The second kappa shape index (κ2) is 9.55. The predicted molar refractivity (Wildman–Crippen MR) is 100 cm³/mol. The summed E-state index contributed by atoms with van der Waals surface area (Å²) in [4.78, 5) is 38.0. The lowest BCUT2D eigenvalue weighted by molar-refractivity contribution is -0.151. The van der Waals surface area contributed by atoms with Crippen LogP contribution in [-0.2, 0) is 25.7 Å². The van der Waals surface area contributed by atoms with Crippen molar-refractivity contribution >= 4 is 35.2 Å². The molecule has 0 bridgehead atoms. The first-order valence-corrected chi connectivity index (χ1v) is 9.60.